The first-order chi connectivity index (χ1) is 22.7. The third-order valence-electron chi connectivity index (χ3n) is 8.96. The van der Waals surface area contributed by atoms with Crippen molar-refractivity contribution in [1.29, 1.82) is 0 Å². The lowest BCUT2D eigenvalue weighted by Crippen LogP contribution is -2.37. The summed E-state index contributed by atoms with van der Waals surface area (Å²) in [5, 5.41) is 8.55. The summed E-state index contributed by atoms with van der Waals surface area (Å²) in [6.45, 7) is 0. The van der Waals surface area contributed by atoms with Crippen molar-refractivity contribution < 1.29 is 0 Å². The molecule has 2 atom stereocenters. The monoisotopic (exact) mass is 764 g/mol. The maximum Gasteiger partial charge on any atom is 0.137 e. The van der Waals surface area contributed by atoms with E-state index in [4.69, 9.17) is 0 Å². The van der Waals surface area contributed by atoms with Gasteiger partial charge in [-0.25, -0.2) is 0 Å². The van der Waals surface area contributed by atoms with E-state index in [1.165, 1.54) is 31.8 Å². The second-order valence-corrected chi connectivity index (χ2v) is 22.5. The quantitative estimate of drug-likeness (QED) is 0.0624. The van der Waals surface area contributed by atoms with Crippen molar-refractivity contribution in [1.82, 2.24) is 0 Å². The number of rotatable bonds is 13. The number of hydrogen-bond acceptors (Lipinski definition) is 0. The number of alkyl halides is 2. The van der Waals surface area contributed by atoms with Gasteiger partial charge in [-0.1, -0.05) is 109 Å². The molecule has 0 saturated heterocycles. The Morgan fingerprint density at radius 2 is 0.478 bits per heavy atom. The average Bonchev–Trinajstić information content (AvgIpc) is 3.14. The van der Waals surface area contributed by atoms with Gasteiger partial charge in [-0.05, 0) is 130 Å². The van der Waals surface area contributed by atoms with Crippen molar-refractivity contribution in [2.45, 2.75) is 34.8 Å². The zero-order valence-corrected chi connectivity index (χ0v) is 30.9. The predicted octanol–water partition coefficient (Wildman–Crippen LogP) is 9.98. The Morgan fingerprint density at radius 3 is 0.652 bits per heavy atom. The van der Waals surface area contributed by atoms with E-state index in [2.05, 4.69) is 214 Å². The molecular formula is C42H40Br2P2+2. The van der Waals surface area contributed by atoms with Crippen LogP contribution in [0.15, 0.2) is 182 Å². The van der Waals surface area contributed by atoms with Gasteiger partial charge in [0.1, 0.15) is 55.5 Å². The molecule has 0 aliphatic carbocycles. The Hall–Kier alpha value is -2.86. The molecule has 0 nitrogen and oxygen atoms in total. The molecule has 0 N–H and O–H groups in total. The van der Waals surface area contributed by atoms with E-state index in [1.807, 2.05) is 0 Å². The summed E-state index contributed by atoms with van der Waals surface area (Å²) in [4.78, 5) is 0. The minimum atomic E-state index is -1.97. The van der Waals surface area contributed by atoms with Crippen LogP contribution in [0.25, 0.3) is 0 Å². The molecule has 0 aliphatic heterocycles. The van der Waals surface area contributed by atoms with E-state index in [0.717, 1.165) is 25.7 Å². The van der Waals surface area contributed by atoms with Gasteiger partial charge in [0, 0.05) is 0 Å². The van der Waals surface area contributed by atoms with Crippen LogP contribution in [0.1, 0.15) is 25.7 Å². The highest BCUT2D eigenvalue weighted by Crippen LogP contribution is 2.65. The van der Waals surface area contributed by atoms with Gasteiger partial charge in [-0.2, -0.15) is 0 Å². The summed E-state index contributed by atoms with van der Waals surface area (Å²) in [6, 6.07) is 67.3. The highest BCUT2D eigenvalue weighted by atomic mass is 79.9. The molecular weight excluding hydrogens is 726 g/mol. The van der Waals surface area contributed by atoms with Crippen molar-refractivity contribution in [2.75, 3.05) is 0 Å². The lowest BCUT2D eigenvalue weighted by molar-refractivity contribution is 0.692. The van der Waals surface area contributed by atoms with Gasteiger partial charge in [0.15, 0.2) is 0 Å². The SMILES string of the molecule is BrC(CCCCC(Br)[P+](c1ccccc1)(c1ccccc1)c1ccccc1)[P+](c1ccccc1)(c1ccccc1)c1ccccc1. The molecule has 0 amide bonds. The third kappa shape index (κ3) is 6.61. The first-order valence-electron chi connectivity index (χ1n) is 16.1. The fourth-order valence-electron chi connectivity index (χ4n) is 6.86. The number of halogens is 2. The Bertz CT molecular complexity index is 1420. The van der Waals surface area contributed by atoms with Crippen LogP contribution in [0.3, 0.4) is 0 Å². The maximum atomic E-state index is 4.37. The second-order valence-electron chi connectivity index (χ2n) is 11.6. The van der Waals surface area contributed by atoms with Gasteiger partial charge < -0.3 is 0 Å². The smallest absolute Gasteiger partial charge is 0.0620 e. The van der Waals surface area contributed by atoms with Crippen molar-refractivity contribution in [3.05, 3.63) is 182 Å². The lowest BCUT2D eigenvalue weighted by atomic mass is 10.2. The summed E-state index contributed by atoms with van der Waals surface area (Å²) >= 11 is 8.75. The van der Waals surface area contributed by atoms with E-state index < -0.39 is 14.5 Å². The lowest BCUT2D eigenvalue weighted by Gasteiger charge is -2.33. The van der Waals surface area contributed by atoms with Gasteiger partial charge >= 0.3 is 0 Å². The number of hydrogen-bond donors (Lipinski definition) is 0. The van der Waals surface area contributed by atoms with Crippen molar-refractivity contribution in [2.24, 2.45) is 0 Å². The molecule has 0 spiro atoms. The van der Waals surface area contributed by atoms with Crippen molar-refractivity contribution >= 4 is 78.2 Å². The first kappa shape index (κ1) is 33.1. The van der Waals surface area contributed by atoms with Gasteiger partial charge in [0.25, 0.3) is 0 Å². The van der Waals surface area contributed by atoms with E-state index in [0.29, 0.717) is 9.14 Å². The summed E-state index contributed by atoms with van der Waals surface area (Å²) in [7, 11) is -3.94. The van der Waals surface area contributed by atoms with E-state index in [-0.39, 0.29) is 0 Å². The molecule has 230 valence electrons. The molecule has 0 aromatic heterocycles. The van der Waals surface area contributed by atoms with Crippen molar-refractivity contribution in [3.63, 3.8) is 0 Å². The molecule has 46 heavy (non-hydrogen) atoms. The van der Waals surface area contributed by atoms with Crippen LogP contribution in [0.4, 0.5) is 0 Å². The van der Waals surface area contributed by atoms with Crippen LogP contribution >= 0.6 is 46.4 Å². The molecule has 0 fully saturated rings. The van der Waals surface area contributed by atoms with E-state index >= 15 is 0 Å². The standard InChI is InChI=1S/C42H40Br2P2/c43-41(45(35-21-7-1-8-22-35,36-23-9-2-10-24-36)37-25-11-3-12-26-37)33-19-20-34-42(44)46(38-27-13-4-14-28-38,39-29-15-5-16-30-39)40-31-17-6-18-32-40/h1-18,21-32,41-42H,19-20,33-34H2/q+2. The molecule has 0 heterocycles. The van der Waals surface area contributed by atoms with Gasteiger partial charge in [-0.15, -0.1) is 0 Å². The number of unbranched alkanes of at least 4 members (excludes halogenated alkanes) is 1. The fraction of sp³-hybridized carbons (Fsp3) is 0.143. The van der Waals surface area contributed by atoms with Crippen LogP contribution < -0.4 is 31.8 Å². The topological polar surface area (TPSA) is 0 Å². The highest BCUT2D eigenvalue weighted by Gasteiger charge is 2.52. The normalized spacial score (nSPS) is 13.2. The summed E-state index contributed by atoms with van der Waals surface area (Å²) in [6.07, 6.45) is 4.48. The van der Waals surface area contributed by atoms with Crippen LogP contribution in [-0.2, 0) is 0 Å². The number of benzene rings is 6. The van der Waals surface area contributed by atoms with Crippen LogP contribution in [-0.4, -0.2) is 9.14 Å². The Kier molecular flexibility index (Phi) is 11.4. The maximum absolute atomic E-state index is 4.37. The largest absolute Gasteiger partial charge is 0.137 e. The molecule has 4 heteroatoms. The predicted molar refractivity (Wildman–Crippen MR) is 214 cm³/mol. The summed E-state index contributed by atoms with van der Waals surface area (Å²) in [5.41, 5.74) is 0. The molecule has 6 aromatic carbocycles. The Balaban J connectivity index is 1.31. The van der Waals surface area contributed by atoms with Gasteiger partial charge in [0.05, 0.1) is 0 Å². The van der Waals surface area contributed by atoms with E-state index in [1.54, 1.807) is 0 Å². The zero-order valence-electron chi connectivity index (χ0n) is 26.0. The molecule has 0 bridgehead atoms. The molecule has 2 unspecified atom stereocenters. The minimum absolute atomic E-state index is 0.317. The summed E-state index contributed by atoms with van der Waals surface area (Å²) < 4.78 is 0.635. The Labute approximate surface area is 293 Å². The average molecular weight is 767 g/mol. The first-order valence-corrected chi connectivity index (χ1v) is 21.6. The molecule has 0 aliphatic rings. The molecule has 6 aromatic rings. The van der Waals surface area contributed by atoms with Crippen LogP contribution in [0.5, 0.6) is 0 Å². The molecule has 6 rings (SSSR count). The second kappa shape index (κ2) is 15.8. The molecule has 0 radical (unpaired) electrons. The molecule has 0 saturated carbocycles. The zero-order chi connectivity index (χ0) is 31.7. The van der Waals surface area contributed by atoms with E-state index in [9.17, 15) is 0 Å². The fourth-order valence-corrected chi connectivity index (χ4v) is 20.5. The third-order valence-corrected chi connectivity index (χ3v) is 22.4. The van der Waals surface area contributed by atoms with Gasteiger partial charge in [-0.3, -0.25) is 0 Å². The summed E-state index contributed by atoms with van der Waals surface area (Å²) in [5.74, 6) is 0. The highest BCUT2D eigenvalue weighted by molar-refractivity contribution is 9.11. The van der Waals surface area contributed by atoms with Gasteiger partial charge in [0.2, 0.25) is 0 Å². The minimum Gasteiger partial charge on any atom is -0.0620 e. The van der Waals surface area contributed by atoms with Crippen molar-refractivity contribution in [3.8, 4) is 0 Å². The Morgan fingerprint density at radius 1 is 0.304 bits per heavy atom. The van der Waals surface area contributed by atoms with Crippen LogP contribution in [0, 0.1) is 0 Å². The van der Waals surface area contributed by atoms with Crippen LogP contribution in [0.2, 0.25) is 0 Å².